The number of nitrogens with one attached hydrogen (secondary N) is 1. The first kappa shape index (κ1) is 17.0. The number of nitrogens with two attached hydrogens (primary N) is 2. The first-order chi connectivity index (χ1) is 11.5. The third-order valence-corrected chi connectivity index (χ3v) is 4.13. The lowest BCUT2D eigenvalue weighted by atomic mass is 10.1. The zero-order valence-corrected chi connectivity index (χ0v) is 13.3. The van der Waals surface area contributed by atoms with E-state index < -0.39 is 24.5 Å². The van der Waals surface area contributed by atoms with Crippen LogP contribution < -0.4 is 17.0 Å². The van der Waals surface area contributed by atoms with Gasteiger partial charge in [-0.05, 0) is 7.05 Å². The third-order valence-electron chi connectivity index (χ3n) is 4.13. The lowest BCUT2D eigenvalue weighted by Crippen LogP contribution is -2.41. The summed E-state index contributed by atoms with van der Waals surface area (Å²) in [6, 6.07) is 0. The van der Waals surface area contributed by atoms with Gasteiger partial charge in [0.15, 0.2) is 17.7 Å². The van der Waals surface area contributed by atoms with Gasteiger partial charge in [0.2, 0.25) is 0 Å². The lowest BCUT2D eigenvalue weighted by molar-refractivity contribution is -0.0420. The molecule has 2 aromatic rings. The second kappa shape index (κ2) is 6.93. The quantitative estimate of drug-likeness (QED) is 0.279. The zero-order chi connectivity index (χ0) is 17.3. The highest BCUT2D eigenvalue weighted by Gasteiger charge is 2.44. The standard InChI is InChI=1S/C13H22N8O3/c1-20(3-2-19-15)4-7-9(22)10(23)13(24-7)21-6-18-8-11(14)16-5-17-12(8)21/h5-7,9-10,13,19,22-23H,2-4,15H2,1H3,(H2,14,16,17)/t7-,9?,10?,13-/m1/s1. The summed E-state index contributed by atoms with van der Waals surface area (Å²) in [7, 11) is 1.88. The Labute approximate surface area is 138 Å². The first-order valence-electron chi connectivity index (χ1n) is 7.59. The minimum absolute atomic E-state index is 0.248. The van der Waals surface area contributed by atoms with Crippen LogP contribution in [0.3, 0.4) is 0 Å². The van der Waals surface area contributed by atoms with Crippen LogP contribution in [0.2, 0.25) is 0 Å². The van der Waals surface area contributed by atoms with Crippen molar-refractivity contribution < 1.29 is 14.9 Å². The summed E-state index contributed by atoms with van der Waals surface area (Å²) in [5.41, 5.74) is 9.21. The fourth-order valence-corrected chi connectivity index (χ4v) is 2.82. The van der Waals surface area contributed by atoms with E-state index in [1.807, 2.05) is 11.9 Å². The Balaban J connectivity index is 1.78. The molecule has 3 heterocycles. The molecule has 0 saturated carbocycles. The summed E-state index contributed by atoms with van der Waals surface area (Å²) < 4.78 is 7.42. The van der Waals surface area contributed by atoms with Crippen LogP contribution in [0.5, 0.6) is 0 Å². The molecule has 0 bridgehead atoms. The summed E-state index contributed by atoms with van der Waals surface area (Å²) in [5, 5.41) is 20.7. The highest BCUT2D eigenvalue weighted by atomic mass is 16.6. The van der Waals surface area contributed by atoms with Crippen LogP contribution >= 0.6 is 0 Å². The van der Waals surface area contributed by atoms with E-state index in [9.17, 15) is 10.2 Å². The van der Waals surface area contributed by atoms with Crippen molar-refractivity contribution >= 4 is 17.0 Å². The van der Waals surface area contributed by atoms with Crippen molar-refractivity contribution in [2.24, 2.45) is 5.84 Å². The highest BCUT2D eigenvalue weighted by molar-refractivity contribution is 5.81. The first-order valence-corrected chi connectivity index (χ1v) is 7.59. The fraction of sp³-hybridized carbons (Fsp3) is 0.615. The SMILES string of the molecule is CN(CCNN)C[C@H]1O[C@@H](n2cnc3c(N)ncnc32)C(O)C1O. The molecule has 0 radical (unpaired) electrons. The van der Waals surface area contributed by atoms with Gasteiger partial charge < -0.3 is 25.6 Å². The van der Waals surface area contributed by atoms with Crippen LogP contribution in [0.15, 0.2) is 12.7 Å². The average molecular weight is 338 g/mol. The van der Waals surface area contributed by atoms with Gasteiger partial charge in [-0.1, -0.05) is 0 Å². The third kappa shape index (κ3) is 3.05. The van der Waals surface area contributed by atoms with E-state index in [1.54, 1.807) is 4.57 Å². The molecule has 132 valence electrons. The number of likely N-dealkylation sites (N-methyl/N-ethyl adjacent to an activating group) is 1. The molecule has 11 nitrogen and oxygen atoms in total. The molecule has 3 rings (SSSR count). The maximum absolute atomic E-state index is 10.4. The summed E-state index contributed by atoms with van der Waals surface area (Å²) >= 11 is 0. The van der Waals surface area contributed by atoms with Crippen molar-refractivity contribution in [3.63, 3.8) is 0 Å². The Hall–Kier alpha value is -1.89. The average Bonchev–Trinajstić information content (AvgIpc) is 3.10. The van der Waals surface area contributed by atoms with Crippen LogP contribution in [-0.4, -0.2) is 79.6 Å². The number of anilines is 1. The summed E-state index contributed by atoms with van der Waals surface area (Å²) in [5.74, 6) is 5.50. The smallest absolute Gasteiger partial charge is 0.167 e. The molecule has 1 aliphatic heterocycles. The van der Waals surface area contributed by atoms with Gasteiger partial charge in [-0.3, -0.25) is 15.8 Å². The number of nitrogens with zero attached hydrogens (tertiary/aromatic N) is 5. The van der Waals surface area contributed by atoms with Gasteiger partial charge in [-0.2, -0.15) is 0 Å². The van der Waals surface area contributed by atoms with E-state index in [0.29, 0.717) is 30.8 Å². The largest absolute Gasteiger partial charge is 0.387 e. The Kier molecular flexibility index (Phi) is 4.89. The minimum atomic E-state index is -1.11. The number of fused-ring (bicyclic) bond motifs is 1. The molecule has 2 aromatic heterocycles. The van der Waals surface area contributed by atoms with Gasteiger partial charge >= 0.3 is 0 Å². The van der Waals surface area contributed by atoms with Gasteiger partial charge in [0.25, 0.3) is 0 Å². The van der Waals surface area contributed by atoms with Crippen molar-refractivity contribution in [3.8, 4) is 0 Å². The van der Waals surface area contributed by atoms with Gasteiger partial charge in [0.05, 0.1) is 6.33 Å². The number of nitrogen functional groups attached to an aromatic ring is 1. The number of aromatic nitrogens is 4. The number of aliphatic hydroxyl groups excluding tert-OH is 2. The van der Waals surface area contributed by atoms with Crippen molar-refractivity contribution in [3.05, 3.63) is 12.7 Å². The van der Waals surface area contributed by atoms with Gasteiger partial charge in [0.1, 0.15) is 30.2 Å². The van der Waals surface area contributed by atoms with Crippen molar-refractivity contribution in [1.29, 1.82) is 0 Å². The van der Waals surface area contributed by atoms with Crippen LogP contribution in [0.4, 0.5) is 5.82 Å². The number of ether oxygens (including phenoxy) is 1. The monoisotopic (exact) mass is 338 g/mol. The Morgan fingerprint density at radius 2 is 2.12 bits per heavy atom. The zero-order valence-electron chi connectivity index (χ0n) is 13.3. The molecule has 24 heavy (non-hydrogen) atoms. The normalized spacial score (nSPS) is 27.4. The number of aliphatic hydroxyl groups is 2. The molecule has 1 fully saturated rings. The second-order valence-electron chi connectivity index (χ2n) is 5.85. The second-order valence-corrected chi connectivity index (χ2v) is 5.85. The molecule has 0 amide bonds. The van der Waals surface area contributed by atoms with E-state index in [-0.39, 0.29) is 5.82 Å². The van der Waals surface area contributed by atoms with Crippen molar-refractivity contribution in [2.45, 2.75) is 24.5 Å². The number of hydrogen-bond acceptors (Lipinski definition) is 10. The van der Waals surface area contributed by atoms with Gasteiger partial charge in [-0.15, -0.1) is 0 Å². The summed E-state index contributed by atoms with van der Waals surface area (Å²) in [6.45, 7) is 1.73. The van der Waals surface area contributed by atoms with Crippen LogP contribution in [0.25, 0.3) is 11.2 Å². The van der Waals surface area contributed by atoms with Crippen molar-refractivity contribution in [2.75, 3.05) is 32.4 Å². The molecule has 0 spiro atoms. The predicted octanol–water partition coefficient (Wildman–Crippen LogP) is -2.58. The lowest BCUT2D eigenvalue weighted by Gasteiger charge is -2.22. The summed E-state index contributed by atoms with van der Waals surface area (Å²) in [4.78, 5) is 14.1. The molecule has 1 saturated heterocycles. The van der Waals surface area contributed by atoms with Crippen LogP contribution in [-0.2, 0) is 4.74 Å². The molecule has 4 atom stereocenters. The Bertz CT molecular complexity index is 695. The number of imidazole rings is 1. The van der Waals surface area contributed by atoms with Crippen LogP contribution in [0, 0.1) is 0 Å². The van der Waals surface area contributed by atoms with Gasteiger partial charge in [0, 0.05) is 19.6 Å². The van der Waals surface area contributed by atoms with E-state index in [0.717, 1.165) is 0 Å². The predicted molar refractivity (Wildman–Crippen MR) is 85.3 cm³/mol. The maximum Gasteiger partial charge on any atom is 0.167 e. The number of rotatable bonds is 6. The molecule has 2 unspecified atom stereocenters. The fourth-order valence-electron chi connectivity index (χ4n) is 2.82. The highest BCUT2D eigenvalue weighted by Crippen LogP contribution is 2.32. The Morgan fingerprint density at radius 1 is 1.33 bits per heavy atom. The number of hydrogen-bond donors (Lipinski definition) is 5. The molecule has 0 aromatic carbocycles. The molecular formula is C13H22N8O3. The van der Waals surface area contributed by atoms with E-state index in [1.165, 1.54) is 12.7 Å². The molecular weight excluding hydrogens is 316 g/mol. The molecule has 11 heteroatoms. The number of hydrazine groups is 1. The van der Waals surface area contributed by atoms with E-state index in [4.69, 9.17) is 16.3 Å². The summed E-state index contributed by atoms with van der Waals surface area (Å²) in [6.07, 6.45) is -0.696. The topological polar surface area (TPSA) is 161 Å². The minimum Gasteiger partial charge on any atom is -0.387 e. The van der Waals surface area contributed by atoms with E-state index in [2.05, 4.69) is 20.4 Å². The molecule has 0 aliphatic carbocycles. The van der Waals surface area contributed by atoms with Crippen LogP contribution in [0.1, 0.15) is 6.23 Å². The Morgan fingerprint density at radius 3 is 2.88 bits per heavy atom. The van der Waals surface area contributed by atoms with Crippen molar-refractivity contribution in [1.82, 2.24) is 29.8 Å². The molecule has 1 aliphatic rings. The van der Waals surface area contributed by atoms with Gasteiger partial charge in [-0.25, -0.2) is 15.0 Å². The van der Waals surface area contributed by atoms with E-state index >= 15 is 0 Å². The maximum atomic E-state index is 10.4. The molecule has 7 N–H and O–H groups in total.